The third-order valence-corrected chi connectivity index (χ3v) is 2.79. The van der Waals surface area contributed by atoms with Crippen LogP contribution in [0.15, 0.2) is 24.7 Å². The van der Waals surface area contributed by atoms with Crippen molar-refractivity contribution in [3.05, 3.63) is 41.7 Å². The molecule has 0 radical (unpaired) electrons. The van der Waals surface area contributed by atoms with Crippen LogP contribution in [0.2, 0.25) is 0 Å². The molecule has 90 valence electrons. The molecule has 0 aliphatic carbocycles. The molecule has 0 unspecified atom stereocenters. The molecule has 17 heavy (non-hydrogen) atoms. The van der Waals surface area contributed by atoms with E-state index < -0.39 is 0 Å². The first kappa shape index (κ1) is 11.6. The molecule has 0 spiro atoms. The van der Waals surface area contributed by atoms with Crippen molar-refractivity contribution in [1.29, 1.82) is 0 Å². The van der Waals surface area contributed by atoms with Crippen LogP contribution < -0.4 is 4.74 Å². The number of aryl methyl sites for hydroxylation is 1. The molecular formula is C13H17N3O. The summed E-state index contributed by atoms with van der Waals surface area (Å²) in [6.45, 7) is 7.46. The monoisotopic (exact) mass is 231 g/mol. The molecule has 2 rings (SSSR count). The summed E-state index contributed by atoms with van der Waals surface area (Å²) < 4.78 is 7.45. The quantitative estimate of drug-likeness (QED) is 0.810. The molecule has 0 aliphatic heterocycles. The minimum Gasteiger partial charge on any atom is -0.492 e. The van der Waals surface area contributed by atoms with Crippen LogP contribution in [0.25, 0.3) is 0 Å². The van der Waals surface area contributed by atoms with Gasteiger partial charge in [0.25, 0.3) is 0 Å². The van der Waals surface area contributed by atoms with E-state index in [0.29, 0.717) is 6.61 Å². The maximum Gasteiger partial charge on any atom is 0.137 e. The van der Waals surface area contributed by atoms with E-state index in [1.807, 2.05) is 32.3 Å². The highest BCUT2D eigenvalue weighted by Crippen LogP contribution is 2.11. The molecule has 0 aromatic carbocycles. The largest absolute Gasteiger partial charge is 0.492 e. The Kier molecular flexibility index (Phi) is 3.42. The Balaban J connectivity index is 2.11. The van der Waals surface area contributed by atoms with Gasteiger partial charge in [0, 0.05) is 5.69 Å². The van der Waals surface area contributed by atoms with Gasteiger partial charge < -0.3 is 9.30 Å². The maximum absolute atomic E-state index is 5.36. The van der Waals surface area contributed by atoms with Gasteiger partial charge in [0.05, 0.1) is 37.1 Å². The van der Waals surface area contributed by atoms with E-state index in [0.717, 1.165) is 23.7 Å². The number of hydrogen-bond acceptors (Lipinski definition) is 3. The van der Waals surface area contributed by atoms with Crippen molar-refractivity contribution in [2.45, 2.75) is 27.3 Å². The Bertz CT molecular complexity index is 488. The van der Waals surface area contributed by atoms with Crippen LogP contribution >= 0.6 is 0 Å². The van der Waals surface area contributed by atoms with E-state index in [4.69, 9.17) is 4.74 Å². The summed E-state index contributed by atoms with van der Waals surface area (Å²) in [6.07, 6.45) is 3.61. The Hall–Kier alpha value is -1.84. The van der Waals surface area contributed by atoms with Crippen LogP contribution in [0.1, 0.15) is 24.0 Å². The third kappa shape index (κ3) is 2.64. The normalized spacial score (nSPS) is 10.5. The lowest BCUT2D eigenvalue weighted by atomic mass is 10.3. The van der Waals surface area contributed by atoms with Crippen LogP contribution in [0, 0.1) is 13.8 Å². The van der Waals surface area contributed by atoms with Gasteiger partial charge in [-0.3, -0.25) is 4.98 Å². The van der Waals surface area contributed by atoms with Crippen molar-refractivity contribution in [3.63, 3.8) is 0 Å². The Morgan fingerprint density at radius 2 is 2.06 bits per heavy atom. The standard InChI is InChI=1S/C13H17N3O/c1-4-17-13-6-5-12(14-7-13)8-16-9-15-10(2)11(16)3/h5-7,9H,4,8H2,1-3H3. The second-order valence-corrected chi connectivity index (χ2v) is 3.96. The van der Waals surface area contributed by atoms with Gasteiger partial charge in [-0.2, -0.15) is 0 Å². The second-order valence-electron chi connectivity index (χ2n) is 3.96. The van der Waals surface area contributed by atoms with E-state index in [1.165, 1.54) is 5.69 Å². The fourth-order valence-corrected chi connectivity index (χ4v) is 1.63. The molecule has 0 saturated carbocycles. The molecule has 0 bridgehead atoms. The highest BCUT2D eigenvalue weighted by Gasteiger charge is 2.03. The number of nitrogens with zero attached hydrogens (tertiary/aromatic N) is 3. The molecular weight excluding hydrogens is 214 g/mol. The van der Waals surface area contributed by atoms with Gasteiger partial charge in [-0.15, -0.1) is 0 Å². The van der Waals surface area contributed by atoms with Crippen molar-refractivity contribution < 1.29 is 4.74 Å². The molecule has 2 aromatic heterocycles. The number of rotatable bonds is 4. The summed E-state index contributed by atoms with van der Waals surface area (Å²) >= 11 is 0. The Morgan fingerprint density at radius 3 is 2.59 bits per heavy atom. The van der Waals surface area contributed by atoms with Crippen LogP contribution in [0.5, 0.6) is 5.75 Å². The average molecular weight is 231 g/mol. The molecule has 0 N–H and O–H groups in total. The lowest BCUT2D eigenvalue weighted by Crippen LogP contribution is -2.03. The molecule has 0 fully saturated rings. The van der Waals surface area contributed by atoms with Gasteiger partial charge in [0.2, 0.25) is 0 Å². The summed E-state index contributed by atoms with van der Waals surface area (Å²) in [6, 6.07) is 3.94. The summed E-state index contributed by atoms with van der Waals surface area (Å²) in [5, 5.41) is 0. The summed E-state index contributed by atoms with van der Waals surface area (Å²) in [5.74, 6) is 0.815. The van der Waals surface area contributed by atoms with E-state index in [2.05, 4.69) is 21.5 Å². The summed E-state index contributed by atoms with van der Waals surface area (Å²) in [7, 11) is 0. The first-order chi connectivity index (χ1) is 8.20. The predicted octanol–water partition coefficient (Wildman–Crippen LogP) is 2.34. The van der Waals surface area contributed by atoms with Gasteiger partial charge in [-0.05, 0) is 32.9 Å². The average Bonchev–Trinajstić information content (AvgIpc) is 2.64. The summed E-state index contributed by atoms with van der Waals surface area (Å²) in [4.78, 5) is 8.64. The molecule has 0 amide bonds. The van der Waals surface area contributed by atoms with Crippen LogP contribution in [-0.2, 0) is 6.54 Å². The smallest absolute Gasteiger partial charge is 0.137 e. The van der Waals surface area contributed by atoms with Gasteiger partial charge >= 0.3 is 0 Å². The number of ether oxygens (including phenoxy) is 1. The highest BCUT2D eigenvalue weighted by atomic mass is 16.5. The second kappa shape index (κ2) is 4.99. The lowest BCUT2D eigenvalue weighted by Gasteiger charge is -2.06. The fourth-order valence-electron chi connectivity index (χ4n) is 1.63. The van der Waals surface area contributed by atoms with Crippen LogP contribution in [0.3, 0.4) is 0 Å². The first-order valence-corrected chi connectivity index (χ1v) is 5.76. The predicted molar refractivity (Wildman–Crippen MR) is 66.2 cm³/mol. The zero-order chi connectivity index (χ0) is 12.3. The van der Waals surface area contributed by atoms with Crippen molar-refractivity contribution in [1.82, 2.24) is 14.5 Å². The van der Waals surface area contributed by atoms with E-state index in [9.17, 15) is 0 Å². The fraction of sp³-hybridized carbons (Fsp3) is 0.385. The van der Waals surface area contributed by atoms with E-state index in [1.54, 1.807) is 6.20 Å². The SMILES string of the molecule is CCOc1ccc(Cn2cnc(C)c2C)nc1. The zero-order valence-electron chi connectivity index (χ0n) is 10.5. The summed E-state index contributed by atoms with van der Waals surface area (Å²) in [5.41, 5.74) is 3.26. The number of pyridine rings is 1. The molecule has 0 aliphatic rings. The maximum atomic E-state index is 5.36. The third-order valence-electron chi connectivity index (χ3n) is 2.79. The number of hydrogen-bond donors (Lipinski definition) is 0. The van der Waals surface area contributed by atoms with Crippen molar-refractivity contribution >= 4 is 0 Å². The topological polar surface area (TPSA) is 39.9 Å². The van der Waals surface area contributed by atoms with Gasteiger partial charge in [0.1, 0.15) is 5.75 Å². The Morgan fingerprint density at radius 1 is 1.24 bits per heavy atom. The minimum atomic E-state index is 0.668. The molecule has 0 saturated heterocycles. The molecule has 2 aromatic rings. The van der Waals surface area contributed by atoms with E-state index in [-0.39, 0.29) is 0 Å². The lowest BCUT2D eigenvalue weighted by molar-refractivity contribution is 0.338. The molecule has 0 atom stereocenters. The zero-order valence-corrected chi connectivity index (χ0v) is 10.5. The molecule has 4 nitrogen and oxygen atoms in total. The van der Waals surface area contributed by atoms with Gasteiger partial charge in [-0.1, -0.05) is 0 Å². The first-order valence-electron chi connectivity index (χ1n) is 5.76. The van der Waals surface area contributed by atoms with Crippen molar-refractivity contribution in [3.8, 4) is 5.75 Å². The molecule has 4 heteroatoms. The van der Waals surface area contributed by atoms with Crippen LogP contribution in [0.4, 0.5) is 0 Å². The van der Waals surface area contributed by atoms with Gasteiger partial charge in [-0.25, -0.2) is 4.98 Å². The Labute approximate surface area is 101 Å². The van der Waals surface area contributed by atoms with Crippen molar-refractivity contribution in [2.24, 2.45) is 0 Å². The van der Waals surface area contributed by atoms with Crippen molar-refractivity contribution in [2.75, 3.05) is 6.61 Å². The highest BCUT2D eigenvalue weighted by molar-refractivity contribution is 5.20. The van der Waals surface area contributed by atoms with Crippen LogP contribution in [-0.4, -0.2) is 21.1 Å². The van der Waals surface area contributed by atoms with E-state index >= 15 is 0 Å². The number of aromatic nitrogens is 3. The molecule has 2 heterocycles. The van der Waals surface area contributed by atoms with Gasteiger partial charge in [0.15, 0.2) is 0 Å². The number of imidazole rings is 1. The minimum absolute atomic E-state index is 0.668.